The zero-order valence-corrected chi connectivity index (χ0v) is 8.87. The number of hydrogen-bond acceptors (Lipinski definition) is 1. The molecule has 1 aliphatic rings. The number of rotatable bonds is 2. The van der Waals surface area contributed by atoms with Gasteiger partial charge in [0.25, 0.3) is 0 Å². The molecular weight excluding hydrogens is 215 g/mol. The molecule has 4 heteroatoms. The molecule has 2 rings (SSSR count). The van der Waals surface area contributed by atoms with Crippen LogP contribution in [-0.2, 0) is 0 Å². The lowest BCUT2D eigenvalue weighted by molar-refractivity contribution is -0.183. The lowest BCUT2D eigenvalue weighted by Crippen LogP contribution is -2.36. The first kappa shape index (κ1) is 11.5. The predicted molar refractivity (Wildman–Crippen MR) is 56.0 cm³/mol. The van der Waals surface area contributed by atoms with Gasteiger partial charge in [-0.15, -0.1) is 0 Å². The number of alkyl halides is 3. The van der Waals surface area contributed by atoms with Gasteiger partial charge in [-0.05, 0) is 31.5 Å². The second kappa shape index (κ2) is 4.45. The fourth-order valence-electron chi connectivity index (χ4n) is 2.24. The molecule has 0 aromatic heterocycles. The van der Waals surface area contributed by atoms with Crippen molar-refractivity contribution in [3.8, 4) is 0 Å². The molecule has 1 heterocycles. The van der Waals surface area contributed by atoms with Crippen molar-refractivity contribution >= 4 is 0 Å². The molecule has 0 bridgehead atoms. The largest absolute Gasteiger partial charge is 0.408 e. The van der Waals surface area contributed by atoms with E-state index in [1.807, 2.05) is 0 Å². The van der Waals surface area contributed by atoms with E-state index in [9.17, 15) is 13.2 Å². The molecule has 1 atom stereocenters. The first-order valence-electron chi connectivity index (χ1n) is 5.45. The molecule has 1 saturated heterocycles. The molecule has 0 saturated carbocycles. The highest BCUT2D eigenvalue weighted by atomic mass is 19.4. The highest BCUT2D eigenvalue weighted by Gasteiger charge is 2.45. The van der Waals surface area contributed by atoms with Crippen LogP contribution in [0.25, 0.3) is 0 Å². The van der Waals surface area contributed by atoms with Gasteiger partial charge in [-0.2, -0.15) is 13.2 Å². The second-order valence-corrected chi connectivity index (χ2v) is 4.10. The monoisotopic (exact) mass is 229 g/mol. The quantitative estimate of drug-likeness (QED) is 0.751. The topological polar surface area (TPSA) is 3.24 Å². The zero-order chi connectivity index (χ0) is 11.6. The molecule has 1 fully saturated rings. The summed E-state index contributed by atoms with van der Waals surface area (Å²) in [6.45, 7) is 1.08. The van der Waals surface area contributed by atoms with Crippen LogP contribution in [0.1, 0.15) is 24.4 Å². The summed E-state index contributed by atoms with van der Waals surface area (Å²) in [6.07, 6.45) is -2.47. The Balaban J connectivity index is 2.28. The van der Waals surface area contributed by atoms with Crippen LogP contribution in [0.15, 0.2) is 30.3 Å². The van der Waals surface area contributed by atoms with Crippen LogP contribution < -0.4 is 0 Å². The van der Waals surface area contributed by atoms with E-state index in [4.69, 9.17) is 0 Å². The first-order valence-corrected chi connectivity index (χ1v) is 5.45. The number of benzene rings is 1. The van der Waals surface area contributed by atoms with Crippen molar-refractivity contribution in [1.29, 1.82) is 0 Å². The van der Waals surface area contributed by atoms with Gasteiger partial charge < -0.3 is 0 Å². The van der Waals surface area contributed by atoms with Gasteiger partial charge in [-0.3, -0.25) is 4.90 Å². The van der Waals surface area contributed by atoms with Crippen molar-refractivity contribution in [2.24, 2.45) is 0 Å². The van der Waals surface area contributed by atoms with Crippen molar-refractivity contribution in [1.82, 2.24) is 4.90 Å². The van der Waals surface area contributed by atoms with Gasteiger partial charge in [0.2, 0.25) is 0 Å². The van der Waals surface area contributed by atoms with E-state index in [-0.39, 0.29) is 0 Å². The maximum Gasteiger partial charge on any atom is 0.408 e. The molecule has 1 aromatic rings. The maximum atomic E-state index is 13.0. The Hall–Kier alpha value is -1.03. The number of likely N-dealkylation sites (tertiary alicyclic amines) is 1. The van der Waals surface area contributed by atoms with Crippen LogP contribution in [0.5, 0.6) is 0 Å². The minimum absolute atomic E-state index is 0.344. The van der Waals surface area contributed by atoms with Crippen molar-refractivity contribution in [3.05, 3.63) is 35.9 Å². The van der Waals surface area contributed by atoms with Crippen molar-refractivity contribution in [2.75, 3.05) is 13.1 Å². The molecule has 0 radical (unpaired) electrons. The average Bonchev–Trinajstić information content (AvgIpc) is 2.71. The van der Waals surface area contributed by atoms with Gasteiger partial charge in [0.15, 0.2) is 0 Å². The molecule has 88 valence electrons. The third-order valence-corrected chi connectivity index (χ3v) is 2.93. The fraction of sp³-hybridized carbons (Fsp3) is 0.500. The van der Waals surface area contributed by atoms with Gasteiger partial charge in [0, 0.05) is 0 Å². The third-order valence-electron chi connectivity index (χ3n) is 2.93. The van der Waals surface area contributed by atoms with Crippen LogP contribution >= 0.6 is 0 Å². The van der Waals surface area contributed by atoms with E-state index in [0.29, 0.717) is 18.7 Å². The Morgan fingerprint density at radius 2 is 1.56 bits per heavy atom. The number of hydrogen-bond donors (Lipinski definition) is 0. The summed E-state index contributed by atoms with van der Waals surface area (Å²) in [5.41, 5.74) is 0.344. The molecule has 1 nitrogen and oxygen atoms in total. The van der Waals surface area contributed by atoms with E-state index in [2.05, 4.69) is 0 Å². The lowest BCUT2D eigenvalue weighted by atomic mass is 10.1. The molecule has 1 aromatic carbocycles. The molecule has 16 heavy (non-hydrogen) atoms. The van der Waals surface area contributed by atoms with Crippen LogP contribution in [0, 0.1) is 0 Å². The minimum atomic E-state index is -4.19. The van der Waals surface area contributed by atoms with E-state index < -0.39 is 12.2 Å². The maximum absolute atomic E-state index is 13.0. The van der Waals surface area contributed by atoms with Crippen LogP contribution in [0.2, 0.25) is 0 Å². The number of nitrogens with zero attached hydrogens (tertiary/aromatic N) is 1. The second-order valence-electron chi connectivity index (χ2n) is 4.10. The molecule has 1 unspecified atom stereocenters. The Morgan fingerprint density at radius 1 is 1.00 bits per heavy atom. The fourth-order valence-corrected chi connectivity index (χ4v) is 2.24. The molecule has 0 spiro atoms. The summed E-state index contributed by atoms with van der Waals surface area (Å²) in [7, 11) is 0. The van der Waals surface area contributed by atoms with E-state index in [1.54, 1.807) is 30.3 Å². The van der Waals surface area contributed by atoms with Crippen molar-refractivity contribution in [3.63, 3.8) is 0 Å². The summed E-state index contributed by atoms with van der Waals surface area (Å²) in [6, 6.07) is 6.72. The Kier molecular flexibility index (Phi) is 3.19. The average molecular weight is 229 g/mol. The Morgan fingerprint density at radius 3 is 2.06 bits per heavy atom. The van der Waals surface area contributed by atoms with Gasteiger partial charge in [0.1, 0.15) is 6.04 Å². The minimum Gasteiger partial charge on any atom is -0.289 e. The van der Waals surface area contributed by atoms with E-state index in [0.717, 1.165) is 12.8 Å². The molecule has 0 N–H and O–H groups in total. The zero-order valence-electron chi connectivity index (χ0n) is 8.87. The smallest absolute Gasteiger partial charge is 0.289 e. The highest BCUT2D eigenvalue weighted by molar-refractivity contribution is 5.20. The van der Waals surface area contributed by atoms with E-state index >= 15 is 0 Å². The van der Waals surface area contributed by atoms with Gasteiger partial charge in [0.05, 0.1) is 0 Å². The lowest BCUT2D eigenvalue weighted by Gasteiger charge is -2.29. The van der Waals surface area contributed by atoms with Crippen LogP contribution in [-0.4, -0.2) is 24.2 Å². The molecule has 1 aliphatic heterocycles. The standard InChI is InChI=1S/C12H14F3N/c13-12(14,15)11(16-8-4-5-9-16)10-6-2-1-3-7-10/h1-3,6-7,11H,4-5,8-9H2. The Labute approximate surface area is 92.9 Å². The summed E-state index contributed by atoms with van der Waals surface area (Å²) in [5.74, 6) is 0. The SMILES string of the molecule is FC(F)(F)C(c1ccccc1)N1CCCC1. The summed E-state index contributed by atoms with van der Waals surface area (Å²) >= 11 is 0. The summed E-state index contributed by atoms with van der Waals surface area (Å²) in [4.78, 5) is 1.52. The van der Waals surface area contributed by atoms with Gasteiger partial charge in [-0.25, -0.2) is 0 Å². The third kappa shape index (κ3) is 2.38. The first-order chi connectivity index (χ1) is 7.59. The predicted octanol–water partition coefficient (Wildman–Crippen LogP) is 3.39. The van der Waals surface area contributed by atoms with Crippen molar-refractivity contribution < 1.29 is 13.2 Å². The summed E-state index contributed by atoms with van der Waals surface area (Å²) in [5, 5.41) is 0. The normalized spacial score (nSPS) is 19.9. The van der Waals surface area contributed by atoms with Crippen LogP contribution in [0.4, 0.5) is 13.2 Å². The summed E-state index contributed by atoms with van der Waals surface area (Å²) < 4.78 is 39.0. The van der Waals surface area contributed by atoms with Gasteiger partial charge in [-0.1, -0.05) is 30.3 Å². The Bertz CT molecular complexity index is 328. The van der Waals surface area contributed by atoms with Crippen LogP contribution in [0.3, 0.4) is 0 Å². The molecular formula is C12H14F3N. The van der Waals surface area contributed by atoms with Crippen molar-refractivity contribution in [2.45, 2.75) is 25.1 Å². The number of halogens is 3. The highest BCUT2D eigenvalue weighted by Crippen LogP contribution is 2.39. The molecule has 0 aliphatic carbocycles. The van der Waals surface area contributed by atoms with Gasteiger partial charge >= 0.3 is 6.18 Å². The molecule has 0 amide bonds. The van der Waals surface area contributed by atoms with E-state index in [1.165, 1.54) is 4.90 Å².